The summed E-state index contributed by atoms with van der Waals surface area (Å²) in [5, 5.41) is 1.97. The maximum absolute atomic E-state index is 11.1. The second kappa shape index (κ2) is 3.06. The summed E-state index contributed by atoms with van der Waals surface area (Å²) in [6.07, 6.45) is 1.46. The van der Waals surface area contributed by atoms with E-state index in [2.05, 4.69) is 0 Å². The molecule has 0 fully saturated rings. The van der Waals surface area contributed by atoms with E-state index in [4.69, 9.17) is 0 Å². The molecule has 3 nitrogen and oxygen atoms in total. The summed E-state index contributed by atoms with van der Waals surface area (Å²) >= 11 is 0. The van der Waals surface area contributed by atoms with Gasteiger partial charge in [0.1, 0.15) is 10.1 Å². The van der Waals surface area contributed by atoms with Crippen LogP contribution in [0.25, 0.3) is 10.8 Å². The van der Waals surface area contributed by atoms with E-state index in [1.807, 2.05) is 18.2 Å². The van der Waals surface area contributed by atoms with Crippen molar-refractivity contribution in [2.24, 2.45) is 0 Å². The van der Waals surface area contributed by atoms with Crippen molar-refractivity contribution in [3.8, 4) is 0 Å². The summed E-state index contributed by atoms with van der Waals surface area (Å²) in [6, 6.07) is 9.01. The van der Waals surface area contributed by atoms with E-state index in [-0.39, 0.29) is 4.90 Å². The van der Waals surface area contributed by atoms with Gasteiger partial charge in [-0.25, -0.2) is 8.42 Å². The van der Waals surface area contributed by atoms with Gasteiger partial charge in [0.15, 0.2) is 0 Å². The van der Waals surface area contributed by atoms with Gasteiger partial charge in [-0.05, 0) is 40.8 Å². The summed E-state index contributed by atoms with van der Waals surface area (Å²) in [5.74, 6) is 0. The van der Waals surface area contributed by atoms with Crippen molar-refractivity contribution in [3.63, 3.8) is 0 Å². The zero-order chi connectivity index (χ0) is 11.3. The minimum Gasteiger partial charge on any atom is -0.744 e. The van der Waals surface area contributed by atoms with Gasteiger partial charge in [-0.1, -0.05) is 24.3 Å². The van der Waals surface area contributed by atoms with Gasteiger partial charge in [-0.2, -0.15) is 0 Å². The summed E-state index contributed by atoms with van der Waals surface area (Å²) in [4.78, 5) is -0.0510. The maximum Gasteiger partial charge on any atom is 0.124 e. The molecular weight excluding hydrogens is 224 g/mol. The molecule has 2 aromatic carbocycles. The molecule has 82 valence electrons. The standard InChI is InChI=1S/C12H10O3S/c13-16(14,15)11-7-5-9-3-1-2-8-4-6-10(11)12(8)9/h1-3,5,7H,4,6H2,(H,13,14,15)/p-1. The number of hydrogen-bond donors (Lipinski definition) is 0. The maximum atomic E-state index is 11.1. The van der Waals surface area contributed by atoms with Gasteiger partial charge in [-0.3, -0.25) is 0 Å². The second-order valence-corrected chi connectivity index (χ2v) is 5.36. The lowest BCUT2D eigenvalue weighted by Gasteiger charge is -2.12. The van der Waals surface area contributed by atoms with Crippen LogP contribution in [0.15, 0.2) is 35.2 Å². The van der Waals surface area contributed by atoms with Gasteiger partial charge in [0.05, 0.1) is 4.90 Å². The Morgan fingerprint density at radius 2 is 1.88 bits per heavy atom. The van der Waals surface area contributed by atoms with E-state index >= 15 is 0 Å². The molecule has 0 amide bonds. The highest BCUT2D eigenvalue weighted by Crippen LogP contribution is 2.34. The van der Waals surface area contributed by atoms with Crippen molar-refractivity contribution < 1.29 is 13.0 Å². The first kappa shape index (κ1) is 9.81. The molecule has 0 N–H and O–H groups in total. The lowest BCUT2D eigenvalue weighted by atomic mass is 10.1. The van der Waals surface area contributed by atoms with Crippen LogP contribution < -0.4 is 0 Å². The van der Waals surface area contributed by atoms with Crippen molar-refractivity contribution in [2.45, 2.75) is 17.7 Å². The van der Waals surface area contributed by atoms with Crippen molar-refractivity contribution in [1.29, 1.82) is 0 Å². The normalized spacial score (nSPS) is 14.6. The average Bonchev–Trinajstić information content (AvgIpc) is 2.63. The molecule has 1 aliphatic rings. The fourth-order valence-electron chi connectivity index (χ4n) is 2.47. The molecule has 0 saturated heterocycles. The Morgan fingerprint density at radius 3 is 2.62 bits per heavy atom. The Bertz CT molecular complexity index is 687. The van der Waals surface area contributed by atoms with Crippen LogP contribution >= 0.6 is 0 Å². The molecule has 3 rings (SSSR count). The van der Waals surface area contributed by atoms with Crippen LogP contribution in [-0.4, -0.2) is 13.0 Å². The molecule has 2 aromatic rings. The lowest BCUT2D eigenvalue weighted by molar-refractivity contribution is 0.462. The molecule has 0 aliphatic heterocycles. The fourth-order valence-corrected chi connectivity index (χ4v) is 3.21. The molecule has 0 radical (unpaired) electrons. The minimum absolute atomic E-state index is 0.0510. The third-order valence-corrected chi connectivity index (χ3v) is 4.03. The van der Waals surface area contributed by atoms with Gasteiger partial charge in [0.25, 0.3) is 0 Å². The quantitative estimate of drug-likeness (QED) is 0.706. The van der Waals surface area contributed by atoms with Gasteiger partial charge in [-0.15, -0.1) is 0 Å². The second-order valence-electron chi connectivity index (χ2n) is 4.01. The van der Waals surface area contributed by atoms with Crippen molar-refractivity contribution in [3.05, 3.63) is 41.5 Å². The topological polar surface area (TPSA) is 57.2 Å². The predicted molar refractivity (Wildman–Crippen MR) is 59.3 cm³/mol. The fraction of sp³-hybridized carbons (Fsp3) is 0.167. The van der Waals surface area contributed by atoms with Crippen molar-refractivity contribution >= 4 is 20.9 Å². The third kappa shape index (κ3) is 1.27. The molecule has 0 heterocycles. The van der Waals surface area contributed by atoms with E-state index in [1.54, 1.807) is 6.07 Å². The zero-order valence-electron chi connectivity index (χ0n) is 8.43. The lowest BCUT2D eigenvalue weighted by Crippen LogP contribution is -2.02. The summed E-state index contributed by atoms with van der Waals surface area (Å²) < 4.78 is 33.4. The Balaban J connectivity index is 2.49. The number of aryl methyl sites for hydroxylation is 2. The van der Waals surface area contributed by atoms with Crippen LogP contribution in [-0.2, 0) is 23.0 Å². The van der Waals surface area contributed by atoms with Crippen molar-refractivity contribution in [1.82, 2.24) is 0 Å². The molecule has 0 bridgehead atoms. The molecule has 4 heteroatoms. The van der Waals surface area contributed by atoms with Gasteiger partial charge in [0, 0.05) is 0 Å². The van der Waals surface area contributed by atoms with Gasteiger partial charge in [0.2, 0.25) is 0 Å². The van der Waals surface area contributed by atoms with E-state index in [0.29, 0.717) is 12.0 Å². The monoisotopic (exact) mass is 233 g/mol. The summed E-state index contributed by atoms with van der Waals surface area (Å²) in [5.41, 5.74) is 1.83. The highest BCUT2D eigenvalue weighted by molar-refractivity contribution is 7.85. The molecular formula is C12H9O3S-. The molecule has 0 saturated carbocycles. The number of hydrogen-bond acceptors (Lipinski definition) is 3. The first-order chi connectivity index (χ1) is 7.57. The Hall–Kier alpha value is -1.39. The summed E-state index contributed by atoms with van der Waals surface area (Å²) in [7, 11) is -4.35. The highest BCUT2D eigenvalue weighted by Gasteiger charge is 2.19. The molecule has 16 heavy (non-hydrogen) atoms. The first-order valence-corrected chi connectivity index (χ1v) is 6.47. The highest BCUT2D eigenvalue weighted by atomic mass is 32.2. The largest absolute Gasteiger partial charge is 0.744 e. The molecule has 0 spiro atoms. The minimum atomic E-state index is -4.35. The molecule has 1 aliphatic carbocycles. The average molecular weight is 233 g/mol. The van der Waals surface area contributed by atoms with Crippen molar-refractivity contribution in [2.75, 3.05) is 0 Å². The van der Waals surface area contributed by atoms with E-state index < -0.39 is 10.1 Å². The van der Waals surface area contributed by atoms with Gasteiger partial charge < -0.3 is 4.55 Å². The molecule has 0 atom stereocenters. The predicted octanol–water partition coefficient (Wildman–Crippen LogP) is 1.84. The van der Waals surface area contributed by atoms with Crippen LogP contribution in [0.2, 0.25) is 0 Å². The zero-order valence-corrected chi connectivity index (χ0v) is 9.25. The smallest absolute Gasteiger partial charge is 0.124 e. The molecule has 0 aromatic heterocycles. The van der Waals surface area contributed by atoms with Gasteiger partial charge >= 0.3 is 0 Å². The van der Waals surface area contributed by atoms with E-state index in [0.717, 1.165) is 22.8 Å². The molecule has 0 unspecified atom stereocenters. The Morgan fingerprint density at radius 1 is 1.06 bits per heavy atom. The Kier molecular flexibility index (Phi) is 1.87. The van der Waals surface area contributed by atoms with Crippen LogP contribution in [0.5, 0.6) is 0 Å². The Labute approximate surface area is 93.5 Å². The van der Waals surface area contributed by atoms with Crippen LogP contribution in [0.3, 0.4) is 0 Å². The van der Waals surface area contributed by atoms with Crippen LogP contribution in [0, 0.1) is 0 Å². The van der Waals surface area contributed by atoms with Crippen LogP contribution in [0.4, 0.5) is 0 Å². The number of benzene rings is 2. The summed E-state index contributed by atoms with van der Waals surface area (Å²) in [6.45, 7) is 0. The van der Waals surface area contributed by atoms with E-state index in [1.165, 1.54) is 6.07 Å². The third-order valence-electron chi connectivity index (χ3n) is 3.11. The first-order valence-electron chi connectivity index (χ1n) is 5.07. The van der Waals surface area contributed by atoms with Crippen LogP contribution in [0.1, 0.15) is 11.1 Å². The SMILES string of the molecule is O=S(=O)([O-])c1ccc2cccc3c2c1CC3. The van der Waals surface area contributed by atoms with E-state index in [9.17, 15) is 13.0 Å². The number of rotatable bonds is 1.